The number of hydrogen-bond donors (Lipinski definition) is 1. The van der Waals surface area contributed by atoms with Gasteiger partial charge in [-0.25, -0.2) is 4.98 Å². The van der Waals surface area contributed by atoms with E-state index in [-0.39, 0.29) is 12.5 Å². The monoisotopic (exact) mass is 490 g/mol. The van der Waals surface area contributed by atoms with Crippen LogP contribution in [0.3, 0.4) is 0 Å². The van der Waals surface area contributed by atoms with Crippen LogP contribution in [-0.4, -0.2) is 20.7 Å². The number of halogens is 4. The van der Waals surface area contributed by atoms with Gasteiger partial charge in [0.25, 0.3) is 5.91 Å². The topological polar surface area (TPSA) is 59.8 Å². The maximum absolute atomic E-state index is 12.8. The highest BCUT2D eigenvalue weighted by Crippen LogP contribution is 2.33. The minimum Gasteiger partial charge on any atom is -0.298 e. The fourth-order valence-electron chi connectivity index (χ4n) is 3.25. The summed E-state index contributed by atoms with van der Waals surface area (Å²) in [5, 5.41) is 8.20. The maximum atomic E-state index is 12.8. The molecule has 0 saturated heterocycles. The summed E-state index contributed by atoms with van der Waals surface area (Å²) >= 11 is 6.97. The Labute approximate surface area is 196 Å². The molecule has 4 aromatic rings. The first-order valence-corrected chi connectivity index (χ1v) is 11.1. The first-order chi connectivity index (χ1) is 15.6. The van der Waals surface area contributed by atoms with Gasteiger partial charge in [-0.3, -0.25) is 14.8 Å². The molecular weight excluding hydrogens is 473 g/mol. The third-order valence-electron chi connectivity index (χ3n) is 4.94. The van der Waals surface area contributed by atoms with E-state index < -0.39 is 16.9 Å². The molecule has 4 rings (SSSR count). The van der Waals surface area contributed by atoms with Gasteiger partial charge in [0.05, 0.1) is 17.3 Å². The summed E-state index contributed by atoms with van der Waals surface area (Å²) in [6.45, 7) is 4.11. The average Bonchev–Trinajstić information content (AvgIpc) is 3.36. The van der Waals surface area contributed by atoms with Gasteiger partial charge in [-0.05, 0) is 43.2 Å². The summed E-state index contributed by atoms with van der Waals surface area (Å²) in [6, 6.07) is 12.6. The predicted octanol–water partition coefficient (Wildman–Crippen LogP) is 6.60. The number of thiazole rings is 1. The molecule has 0 fully saturated rings. The molecule has 33 heavy (non-hydrogen) atoms. The first-order valence-electron chi connectivity index (χ1n) is 9.84. The van der Waals surface area contributed by atoms with Crippen molar-refractivity contribution in [2.45, 2.75) is 26.6 Å². The summed E-state index contributed by atoms with van der Waals surface area (Å²) in [6.07, 6.45) is -3.49. The zero-order valence-electron chi connectivity index (χ0n) is 17.6. The van der Waals surface area contributed by atoms with Gasteiger partial charge in [0.2, 0.25) is 0 Å². The van der Waals surface area contributed by atoms with Crippen molar-refractivity contribution >= 4 is 34.0 Å². The fourth-order valence-corrected chi connectivity index (χ4v) is 4.22. The number of aromatic nitrogens is 3. The van der Waals surface area contributed by atoms with E-state index in [4.69, 9.17) is 11.6 Å². The molecule has 0 bridgehead atoms. The lowest BCUT2D eigenvalue weighted by atomic mass is 10.0. The number of rotatable bonds is 5. The van der Waals surface area contributed by atoms with Gasteiger partial charge < -0.3 is 0 Å². The standard InChI is InChI=1S/C23H18ClF3N4OS/c1-13-3-4-14(2)17(9-13)19-12-33-22(28-19)29-21(32)16-7-5-15(6-8-16)10-31-11-18(24)20(30-31)23(25,26)27/h3-9,11-12H,10H2,1-2H3,(H,28,29,32). The molecule has 2 aromatic heterocycles. The lowest BCUT2D eigenvalue weighted by molar-refractivity contribution is -0.141. The van der Waals surface area contributed by atoms with Crippen LogP contribution in [0.4, 0.5) is 18.3 Å². The van der Waals surface area contributed by atoms with Crippen molar-refractivity contribution in [1.29, 1.82) is 0 Å². The van der Waals surface area contributed by atoms with E-state index in [0.29, 0.717) is 16.3 Å². The quantitative estimate of drug-likeness (QED) is 0.343. The molecule has 0 aliphatic carbocycles. The zero-order chi connectivity index (χ0) is 23.8. The number of amides is 1. The highest BCUT2D eigenvalue weighted by Gasteiger charge is 2.36. The number of carbonyl (C=O) groups excluding carboxylic acids is 1. The van der Waals surface area contributed by atoms with Crippen molar-refractivity contribution in [2.75, 3.05) is 5.32 Å². The molecule has 2 aromatic carbocycles. The predicted molar refractivity (Wildman–Crippen MR) is 123 cm³/mol. The summed E-state index contributed by atoms with van der Waals surface area (Å²) in [5.74, 6) is -0.329. The second-order valence-electron chi connectivity index (χ2n) is 7.53. The molecule has 1 N–H and O–H groups in total. The Morgan fingerprint density at radius 3 is 2.55 bits per heavy atom. The SMILES string of the molecule is Cc1ccc(C)c(-c2csc(NC(=O)c3ccc(Cn4cc(Cl)c(C(F)(F)F)n4)cc3)n2)c1. The summed E-state index contributed by atoms with van der Waals surface area (Å²) < 4.78 is 39.7. The lowest BCUT2D eigenvalue weighted by Gasteiger charge is -2.06. The largest absolute Gasteiger partial charge is 0.436 e. The van der Waals surface area contributed by atoms with Crippen LogP contribution >= 0.6 is 22.9 Å². The Bertz CT molecular complexity index is 1310. The summed E-state index contributed by atoms with van der Waals surface area (Å²) in [7, 11) is 0. The van der Waals surface area contributed by atoms with Crippen molar-refractivity contribution in [1.82, 2.24) is 14.8 Å². The minimum atomic E-state index is -4.61. The van der Waals surface area contributed by atoms with E-state index in [1.807, 2.05) is 31.4 Å². The third kappa shape index (κ3) is 5.26. The molecule has 0 aliphatic rings. The van der Waals surface area contributed by atoms with Crippen LogP contribution in [0.2, 0.25) is 5.02 Å². The van der Waals surface area contributed by atoms with Crippen LogP contribution in [-0.2, 0) is 12.7 Å². The number of nitrogens with zero attached hydrogens (tertiary/aromatic N) is 3. The molecule has 0 unspecified atom stereocenters. The van der Waals surface area contributed by atoms with Gasteiger partial charge in [-0.1, -0.05) is 41.4 Å². The fraction of sp³-hybridized carbons (Fsp3) is 0.174. The number of nitrogens with one attached hydrogen (secondary N) is 1. The zero-order valence-corrected chi connectivity index (χ0v) is 19.1. The molecule has 0 spiro atoms. The Hall–Kier alpha value is -3.17. The number of aryl methyl sites for hydroxylation is 2. The van der Waals surface area contributed by atoms with Crippen molar-refractivity contribution in [3.05, 3.63) is 87.0 Å². The van der Waals surface area contributed by atoms with Crippen molar-refractivity contribution in [2.24, 2.45) is 0 Å². The van der Waals surface area contributed by atoms with Gasteiger partial charge in [-0.15, -0.1) is 11.3 Å². The Balaban J connectivity index is 1.43. The molecular formula is C23H18ClF3N4OS. The van der Waals surface area contributed by atoms with Gasteiger partial charge in [0.1, 0.15) is 0 Å². The van der Waals surface area contributed by atoms with Gasteiger partial charge in [-0.2, -0.15) is 18.3 Å². The normalized spacial score (nSPS) is 11.6. The molecule has 2 heterocycles. The summed E-state index contributed by atoms with van der Waals surface area (Å²) in [5.41, 5.74) is 3.99. The lowest BCUT2D eigenvalue weighted by Crippen LogP contribution is -2.12. The molecule has 170 valence electrons. The minimum absolute atomic E-state index is 0.0867. The van der Waals surface area contributed by atoms with E-state index >= 15 is 0 Å². The molecule has 0 radical (unpaired) electrons. The molecule has 0 atom stereocenters. The number of anilines is 1. The number of carbonyl (C=O) groups is 1. The Morgan fingerprint density at radius 1 is 1.15 bits per heavy atom. The van der Waals surface area contributed by atoms with Crippen LogP contribution < -0.4 is 5.32 Å². The van der Waals surface area contributed by atoms with Crippen LogP contribution in [0.25, 0.3) is 11.3 Å². The number of benzene rings is 2. The number of alkyl halides is 3. The van der Waals surface area contributed by atoms with Crippen LogP contribution in [0.15, 0.2) is 54.0 Å². The smallest absolute Gasteiger partial charge is 0.298 e. The first kappa shape index (κ1) is 23.0. The van der Waals surface area contributed by atoms with Crippen LogP contribution in [0.5, 0.6) is 0 Å². The van der Waals surface area contributed by atoms with Crippen LogP contribution in [0, 0.1) is 13.8 Å². The van der Waals surface area contributed by atoms with Crippen molar-refractivity contribution in [3.63, 3.8) is 0 Å². The summed E-state index contributed by atoms with van der Waals surface area (Å²) in [4.78, 5) is 17.1. The average molecular weight is 491 g/mol. The van der Waals surface area contributed by atoms with E-state index in [1.54, 1.807) is 24.3 Å². The van der Waals surface area contributed by atoms with Gasteiger partial charge in [0, 0.05) is 22.7 Å². The van der Waals surface area contributed by atoms with Gasteiger partial charge >= 0.3 is 6.18 Å². The van der Waals surface area contributed by atoms with Crippen molar-refractivity contribution < 1.29 is 18.0 Å². The maximum Gasteiger partial charge on any atom is 0.436 e. The second kappa shape index (κ2) is 8.99. The molecule has 10 heteroatoms. The number of hydrogen-bond acceptors (Lipinski definition) is 4. The van der Waals surface area contributed by atoms with Crippen LogP contribution in [0.1, 0.15) is 32.7 Å². The van der Waals surface area contributed by atoms with E-state index in [2.05, 4.69) is 21.5 Å². The molecule has 1 amide bonds. The highest BCUT2D eigenvalue weighted by molar-refractivity contribution is 7.14. The van der Waals surface area contributed by atoms with E-state index in [9.17, 15) is 18.0 Å². The second-order valence-corrected chi connectivity index (χ2v) is 8.79. The molecule has 5 nitrogen and oxygen atoms in total. The van der Waals surface area contributed by atoms with Gasteiger partial charge in [0.15, 0.2) is 10.8 Å². The third-order valence-corrected chi connectivity index (χ3v) is 5.97. The Kier molecular flexibility index (Phi) is 6.27. The van der Waals surface area contributed by atoms with Crippen molar-refractivity contribution in [3.8, 4) is 11.3 Å². The Morgan fingerprint density at radius 2 is 1.88 bits per heavy atom. The van der Waals surface area contributed by atoms with E-state index in [0.717, 1.165) is 33.3 Å². The molecule has 0 aliphatic heterocycles. The highest BCUT2D eigenvalue weighted by atomic mass is 35.5. The molecule has 0 saturated carbocycles. The van der Waals surface area contributed by atoms with E-state index in [1.165, 1.54) is 11.3 Å².